The Kier molecular flexibility index (Phi) is 33.6. The van der Waals surface area contributed by atoms with Gasteiger partial charge in [0.1, 0.15) is 0 Å². The van der Waals surface area contributed by atoms with E-state index >= 15 is 0 Å². The molecule has 1 aliphatic rings. The number of carboxylic acids is 3. The minimum atomic E-state index is -0.833. The zero-order chi connectivity index (χ0) is 30.3. The molecule has 1 fully saturated rings. The Labute approximate surface area is 237 Å². The van der Waals surface area contributed by atoms with Crippen LogP contribution in [0.25, 0.3) is 0 Å². The molecule has 10 heteroatoms. The highest BCUT2D eigenvalue weighted by atomic mass is 16.4. The summed E-state index contributed by atoms with van der Waals surface area (Å²) in [6.07, 6.45) is 22.6. The van der Waals surface area contributed by atoms with Gasteiger partial charge in [0.05, 0.1) is 0 Å². The summed E-state index contributed by atoms with van der Waals surface area (Å²) in [6.45, 7) is 8.91. The molecule has 0 bridgehead atoms. The van der Waals surface area contributed by atoms with E-state index in [9.17, 15) is 0 Å². The summed E-state index contributed by atoms with van der Waals surface area (Å²) in [6, 6.07) is 0.536. The molecule has 0 spiro atoms. The van der Waals surface area contributed by atoms with E-state index in [0.29, 0.717) is 12.0 Å². The first-order chi connectivity index (χ1) is 18.4. The van der Waals surface area contributed by atoms with Crippen LogP contribution in [-0.4, -0.2) is 69.8 Å². The molecule has 1 rings (SSSR count). The quantitative estimate of drug-likeness (QED) is 0.0699. The molecular formula is C29H60N4O6. The maximum Gasteiger partial charge on any atom is 0.300 e. The molecule has 0 aromatic rings. The Morgan fingerprint density at radius 2 is 1.08 bits per heavy atom. The third-order valence-corrected chi connectivity index (χ3v) is 6.03. The summed E-state index contributed by atoms with van der Waals surface area (Å²) in [7, 11) is 0. The SMILES string of the molecule is CC(=O)O.CC(=O)O.CC(=O)O.CCCCCCCCNCCCCCCCCN(C(=N)N)C1CCCCC1. The second kappa shape index (κ2) is 31.9. The monoisotopic (exact) mass is 560 g/mol. The van der Waals surface area contributed by atoms with Gasteiger partial charge in [-0.3, -0.25) is 19.8 Å². The molecule has 0 atom stereocenters. The molecule has 7 N–H and O–H groups in total. The van der Waals surface area contributed by atoms with Crippen LogP contribution in [0.15, 0.2) is 0 Å². The molecule has 0 saturated heterocycles. The molecule has 232 valence electrons. The van der Waals surface area contributed by atoms with E-state index in [1.54, 1.807) is 0 Å². The van der Waals surface area contributed by atoms with Crippen LogP contribution in [0.5, 0.6) is 0 Å². The van der Waals surface area contributed by atoms with Crippen molar-refractivity contribution in [2.75, 3.05) is 19.6 Å². The van der Waals surface area contributed by atoms with Crippen LogP contribution in [0.4, 0.5) is 0 Å². The summed E-state index contributed by atoms with van der Waals surface area (Å²) >= 11 is 0. The summed E-state index contributed by atoms with van der Waals surface area (Å²) in [4.78, 5) is 29.2. The number of unbranched alkanes of at least 4 members (excludes halogenated alkanes) is 10. The van der Waals surface area contributed by atoms with E-state index < -0.39 is 17.9 Å². The number of nitrogens with zero attached hydrogens (tertiary/aromatic N) is 1. The van der Waals surface area contributed by atoms with Gasteiger partial charge in [0.15, 0.2) is 5.96 Å². The highest BCUT2D eigenvalue weighted by molar-refractivity contribution is 5.74. The molecule has 0 radical (unpaired) electrons. The van der Waals surface area contributed by atoms with E-state index in [1.165, 1.54) is 122 Å². The van der Waals surface area contributed by atoms with Gasteiger partial charge in [0, 0.05) is 33.4 Å². The first kappa shape index (κ1) is 41.1. The van der Waals surface area contributed by atoms with Crippen LogP contribution < -0.4 is 11.1 Å². The minimum Gasteiger partial charge on any atom is -0.481 e. The molecule has 0 aromatic carbocycles. The van der Waals surface area contributed by atoms with Gasteiger partial charge in [-0.05, 0) is 45.2 Å². The first-order valence-corrected chi connectivity index (χ1v) is 14.9. The van der Waals surface area contributed by atoms with Crippen LogP contribution in [0.3, 0.4) is 0 Å². The first-order valence-electron chi connectivity index (χ1n) is 14.9. The molecule has 0 heterocycles. The highest BCUT2D eigenvalue weighted by Gasteiger charge is 2.21. The van der Waals surface area contributed by atoms with Gasteiger partial charge < -0.3 is 31.3 Å². The Bertz CT molecular complexity index is 558. The number of carboxylic acid groups (broad SMARTS) is 3. The van der Waals surface area contributed by atoms with Gasteiger partial charge in [-0.15, -0.1) is 0 Å². The molecule has 39 heavy (non-hydrogen) atoms. The van der Waals surface area contributed by atoms with E-state index in [0.717, 1.165) is 27.3 Å². The van der Waals surface area contributed by atoms with Gasteiger partial charge in [-0.25, -0.2) is 0 Å². The molecule has 0 unspecified atom stereocenters. The van der Waals surface area contributed by atoms with Crippen LogP contribution in [0.1, 0.15) is 137 Å². The fraction of sp³-hybridized carbons (Fsp3) is 0.862. The third-order valence-electron chi connectivity index (χ3n) is 6.03. The van der Waals surface area contributed by atoms with Crippen molar-refractivity contribution in [1.29, 1.82) is 5.41 Å². The van der Waals surface area contributed by atoms with Crippen molar-refractivity contribution in [3.05, 3.63) is 0 Å². The van der Waals surface area contributed by atoms with Gasteiger partial charge in [0.25, 0.3) is 17.9 Å². The van der Waals surface area contributed by atoms with Gasteiger partial charge in [-0.2, -0.15) is 0 Å². The number of carbonyl (C=O) groups is 3. The van der Waals surface area contributed by atoms with Gasteiger partial charge >= 0.3 is 0 Å². The molecule has 0 aliphatic heterocycles. The Morgan fingerprint density at radius 3 is 1.46 bits per heavy atom. The number of nitrogens with two attached hydrogens (primary N) is 1. The van der Waals surface area contributed by atoms with E-state index in [1.807, 2.05) is 0 Å². The standard InChI is InChI=1S/C23H48N4.3C2H4O2/c1-2-3-4-5-8-14-19-26-20-15-9-6-7-10-16-21-27(23(24)25)22-17-12-11-13-18-22;3*1-2(3)4/h22,26H,2-21H2,1H3,(H3,24,25);3*1H3,(H,3,4). The Hall–Kier alpha value is -2.36. The predicted molar refractivity (Wildman–Crippen MR) is 159 cm³/mol. The van der Waals surface area contributed by atoms with Crippen LogP contribution >= 0.6 is 0 Å². The fourth-order valence-corrected chi connectivity index (χ4v) is 4.29. The zero-order valence-corrected chi connectivity index (χ0v) is 25.3. The Morgan fingerprint density at radius 1 is 0.718 bits per heavy atom. The van der Waals surface area contributed by atoms with E-state index in [-0.39, 0.29) is 0 Å². The van der Waals surface area contributed by atoms with Crippen molar-refractivity contribution >= 4 is 23.9 Å². The molecular weight excluding hydrogens is 500 g/mol. The van der Waals surface area contributed by atoms with Crippen LogP contribution in [0, 0.1) is 5.41 Å². The van der Waals surface area contributed by atoms with E-state index in [2.05, 4.69) is 17.1 Å². The fourth-order valence-electron chi connectivity index (χ4n) is 4.29. The minimum absolute atomic E-state index is 0.290. The van der Waals surface area contributed by atoms with Crippen LogP contribution in [-0.2, 0) is 14.4 Å². The second-order valence-electron chi connectivity index (χ2n) is 10.1. The normalized spacial score (nSPS) is 12.4. The molecule has 0 amide bonds. The maximum absolute atomic E-state index is 9.00. The summed E-state index contributed by atoms with van der Waals surface area (Å²) in [5, 5.41) is 33.7. The number of hydrogen-bond acceptors (Lipinski definition) is 5. The predicted octanol–water partition coefficient (Wildman–Crippen LogP) is 6.08. The molecule has 1 saturated carbocycles. The lowest BCUT2D eigenvalue weighted by Crippen LogP contribution is -2.45. The van der Waals surface area contributed by atoms with Crippen molar-refractivity contribution in [2.45, 2.75) is 143 Å². The van der Waals surface area contributed by atoms with Gasteiger partial charge in [-0.1, -0.05) is 84.0 Å². The maximum atomic E-state index is 9.00. The number of rotatable bonds is 17. The number of hydrogen-bond donors (Lipinski definition) is 6. The second-order valence-corrected chi connectivity index (χ2v) is 10.1. The van der Waals surface area contributed by atoms with Crippen molar-refractivity contribution in [3.8, 4) is 0 Å². The summed E-state index contributed by atoms with van der Waals surface area (Å²) in [5.41, 5.74) is 5.83. The van der Waals surface area contributed by atoms with Crippen molar-refractivity contribution in [2.24, 2.45) is 5.73 Å². The zero-order valence-electron chi connectivity index (χ0n) is 25.3. The Balaban J connectivity index is -0.000000903. The lowest BCUT2D eigenvalue weighted by atomic mass is 9.94. The number of guanidine groups is 1. The topological polar surface area (TPSA) is 177 Å². The summed E-state index contributed by atoms with van der Waals surface area (Å²) < 4.78 is 0. The summed E-state index contributed by atoms with van der Waals surface area (Å²) in [5.74, 6) is -2.21. The number of nitrogens with one attached hydrogen (secondary N) is 2. The average Bonchev–Trinajstić information content (AvgIpc) is 2.83. The van der Waals surface area contributed by atoms with Crippen molar-refractivity contribution < 1.29 is 29.7 Å². The highest BCUT2D eigenvalue weighted by Crippen LogP contribution is 2.22. The molecule has 10 nitrogen and oxygen atoms in total. The smallest absolute Gasteiger partial charge is 0.300 e. The lowest BCUT2D eigenvalue weighted by Gasteiger charge is -2.34. The van der Waals surface area contributed by atoms with E-state index in [4.69, 9.17) is 40.8 Å². The van der Waals surface area contributed by atoms with Gasteiger partial charge in [0.2, 0.25) is 0 Å². The lowest BCUT2D eigenvalue weighted by molar-refractivity contribution is -0.135. The van der Waals surface area contributed by atoms with Crippen molar-refractivity contribution in [1.82, 2.24) is 10.2 Å². The van der Waals surface area contributed by atoms with Crippen molar-refractivity contribution in [3.63, 3.8) is 0 Å². The molecule has 1 aliphatic carbocycles. The average molecular weight is 561 g/mol. The third kappa shape index (κ3) is 43.0. The number of aliphatic carboxylic acids is 3. The van der Waals surface area contributed by atoms with Crippen LogP contribution in [0.2, 0.25) is 0 Å². The largest absolute Gasteiger partial charge is 0.481 e. The molecule has 0 aromatic heterocycles.